The van der Waals surface area contributed by atoms with Crippen molar-refractivity contribution in [2.45, 2.75) is 13.3 Å². The van der Waals surface area contributed by atoms with Crippen LogP contribution in [0.1, 0.15) is 12.5 Å². The molecule has 2 aromatic rings. The van der Waals surface area contributed by atoms with Gasteiger partial charge in [0.15, 0.2) is 18.1 Å². The molecular formula is C19H21N3O6. The third-order valence-corrected chi connectivity index (χ3v) is 3.84. The van der Waals surface area contributed by atoms with E-state index in [9.17, 15) is 19.7 Å². The average molecular weight is 387 g/mol. The number of nitrogens with one attached hydrogen (secondary N) is 2. The number of rotatable bonds is 9. The van der Waals surface area contributed by atoms with Crippen LogP contribution in [-0.2, 0) is 16.0 Å². The highest BCUT2D eigenvalue weighted by Crippen LogP contribution is 2.30. The molecule has 0 atom stereocenters. The number of ether oxygens (including phenoxy) is 2. The van der Waals surface area contributed by atoms with Gasteiger partial charge >= 0.3 is 0 Å². The monoisotopic (exact) mass is 387 g/mol. The highest BCUT2D eigenvalue weighted by molar-refractivity contribution is 5.95. The summed E-state index contributed by atoms with van der Waals surface area (Å²) in [6, 6.07) is 11.2. The van der Waals surface area contributed by atoms with Gasteiger partial charge in [-0.15, -0.1) is 0 Å². The lowest BCUT2D eigenvalue weighted by Gasteiger charge is -2.12. The zero-order valence-corrected chi connectivity index (χ0v) is 15.6. The van der Waals surface area contributed by atoms with Crippen molar-refractivity contribution in [2.75, 3.05) is 25.6 Å². The number of amides is 2. The van der Waals surface area contributed by atoms with Crippen LogP contribution in [0, 0.1) is 10.1 Å². The van der Waals surface area contributed by atoms with Gasteiger partial charge in [0.2, 0.25) is 5.91 Å². The van der Waals surface area contributed by atoms with E-state index in [4.69, 9.17) is 9.47 Å². The normalized spacial score (nSPS) is 10.1. The fourth-order valence-corrected chi connectivity index (χ4v) is 2.41. The third-order valence-electron chi connectivity index (χ3n) is 3.84. The Balaban J connectivity index is 1.87. The number of anilines is 1. The fourth-order valence-electron chi connectivity index (χ4n) is 2.41. The Labute approximate surface area is 161 Å². The molecule has 2 amide bonds. The van der Waals surface area contributed by atoms with Gasteiger partial charge in [0.05, 0.1) is 24.6 Å². The largest absolute Gasteiger partial charge is 0.493 e. The number of nitrogens with zero attached hydrogens (tertiary/aromatic N) is 1. The van der Waals surface area contributed by atoms with Gasteiger partial charge in [-0.25, -0.2) is 0 Å². The lowest BCUT2D eigenvalue weighted by atomic mass is 10.1. The number of hydrogen-bond acceptors (Lipinski definition) is 6. The van der Waals surface area contributed by atoms with E-state index in [0.29, 0.717) is 5.69 Å². The number of benzene rings is 2. The van der Waals surface area contributed by atoms with E-state index in [-0.39, 0.29) is 29.6 Å². The molecule has 148 valence electrons. The molecule has 9 heteroatoms. The molecule has 0 saturated heterocycles. The van der Waals surface area contributed by atoms with Gasteiger partial charge in [-0.05, 0) is 24.1 Å². The van der Waals surface area contributed by atoms with Gasteiger partial charge in [0, 0.05) is 11.8 Å². The Morgan fingerprint density at radius 1 is 1.11 bits per heavy atom. The van der Waals surface area contributed by atoms with Gasteiger partial charge in [-0.3, -0.25) is 19.7 Å². The molecule has 0 aliphatic rings. The van der Waals surface area contributed by atoms with Crippen molar-refractivity contribution in [3.8, 4) is 11.5 Å². The second-order valence-corrected chi connectivity index (χ2v) is 5.72. The minimum atomic E-state index is -0.579. The average Bonchev–Trinajstić information content (AvgIpc) is 2.70. The predicted molar refractivity (Wildman–Crippen MR) is 103 cm³/mol. The zero-order chi connectivity index (χ0) is 20.5. The van der Waals surface area contributed by atoms with Crippen molar-refractivity contribution in [1.82, 2.24) is 5.32 Å². The zero-order valence-electron chi connectivity index (χ0n) is 15.6. The lowest BCUT2D eigenvalue weighted by Crippen LogP contribution is -2.35. The topological polar surface area (TPSA) is 120 Å². The minimum Gasteiger partial charge on any atom is -0.493 e. The van der Waals surface area contributed by atoms with E-state index >= 15 is 0 Å². The maximum Gasteiger partial charge on any atom is 0.273 e. The first-order chi connectivity index (χ1) is 13.4. The molecule has 0 unspecified atom stereocenters. The van der Waals surface area contributed by atoms with E-state index in [1.54, 1.807) is 6.07 Å². The number of hydrogen-bond donors (Lipinski definition) is 2. The summed E-state index contributed by atoms with van der Waals surface area (Å²) in [5, 5.41) is 16.0. The molecule has 2 rings (SSSR count). The quantitative estimate of drug-likeness (QED) is 0.503. The van der Waals surface area contributed by atoms with Crippen molar-refractivity contribution >= 4 is 23.2 Å². The molecule has 2 aromatic carbocycles. The number of carbonyl (C=O) groups is 2. The van der Waals surface area contributed by atoms with Crippen molar-refractivity contribution in [1.29, 1.82) is 0 Å². The molecule has 0 aliphatic carbocycles. The van der Waals surface area contributed by atoms with E-state index in [1.165, 1.54) is 25.3 Å². The number of aryl methyl sites for hydroxylation is 1. The van der Waals surface area contributed by atoms with Crippen molar-refractivity contribution in [3.63, 3.8) is 0 Å². The Kier molecular flexibility index (Phi) is 7.32. The first-order valence-electron chi connectivity index (χ1n) is 8.54. The third kappa shape index (κ3) is 5.70. The standard InChI is InChI=1S/C19H21N3O6/c1-3-13-6-4-5-7-15(13)21-18(23)11-20-19(24)12-28-17-10-14(22(25)26)8-9-16(17)27-2/h4-10H,3,11-12H2,1-2H3,(H,20,24)(H,21,23). The minimum absolute atomic E-state index is 0.0631. The second-order valence-electron chi connectivity index (χ2n) is 5.72. The van der Waals surface area contributed by atoms with Crippen LogP contribution in [-0.4, -0.2) is 37.0 Å². The van der Waals surface area contributed by atoms with E-state index in [0.717, 1.165) is 12.0 Å². The number of non-ortho nitro benzene ring substituents is 1. The fraction of sp³-hybridized carbons (Fsp3) is 0.263. The molecule has 0 aliphatic heterocycles. The van der Waals surface area contributed by atoms with Crippen LogP contribution < -0.4 is 20.1 Å². The summed E-state index contributed by atoms with van der Waals surface area (Å²) in [6.07, 6.45) is 0.766. The smallest absolute Gasteiger partial charge is 0.273 e. The van der Waals surface area contributed by atoms with Crippen LogP contribution in [0.2, 0.25) is 0 Å². The van der Waals surface area contributed by atoms with E-state index < -0.39 is 17.4 Å². The molecule has 28 heavy (non-hydrogen) atoms. The number of methoxy groups -OCH3 is 1. The molecule has 0 fully saturated rings. The molecule has 0 radical (unpaired) electrons. The van der Waals surface area contributed by atoms with Crippen molar-refractivity contribution in [2.24, 2.45) is 0 Å². The summed E-state index contributed by atoms with van der Waals surface area (Å²) in [5.41, 5.74) is 1.50. The summed E-state index contributed by atoms with van der Waals surface area (Å²) in [6.45, 7) is 1.33. The van der Waals surface area contributed by atoms with Gasteiger partial charge in [-0.2, -0.15) is 0 Å². The summed E-state index contributed by atoms with van der Waals surface area (Å²) >= 11 is 0. The van der Waals surface area contributed by atoms with Crippen molar-refractivity contribution < 1.29 is 24.0 Å². The van der Waals surface area contributed by atoms with Crippen molar-refractivity contribution in [3.05, 3.63) is 58.1 Å². The van der Waals surface area contributed by atoms with Crippen LogP contribution >= 0.6 is 0 Å². The summed E-state index contributed by atoms with van der Waals surface area (Å²) < 4.78 is 10.3. The molecule has 0 spiro atoms. The summed E-state index contributed by atoms with van der Waals surface area (Å²) in [4.78, 5) is 34.2. The van der Waals surface area contributed by atoms with Crippen LogP contribution in [0.15, 0.2) is 42.5 Å². The molecular weight excluding hydrogens is 366 g/mol. The predicted octanol–water partition coefficient (Wildman–Crippen LogP) is 2.30. The first kappa shape index (κ1) is 20.7. The van der Waals surface area contributed by atoms with Gasteiger partial charge < -0.3 is 20.1 Å². The number of nitro groups is 1. The van der Waals surface area contributed by atoms with Crippen LogP contribution in [0.5, 0.6) is 11.5 Å². The maximum absolute atomic E-state index is 12.0. The number of para-hydroxylation sites is 1. The molecule has 0 bridgehead atoms. The molecule has 0 saturated carbocycles. The Morgan fingerprint density at radius 2 is 1.86 bits per heavy atom. The highest BCUT2D eigenvalue weighted by atomic mass is 16.6. The Morgan fingerprint density at radius 3 is 2.54 bits per heavy atom. The molecule has 0 heterocycles. The second kappa shape index (κ2) is 9.91. The van der Waals surface area contributed by atoms with Gasteiger partial charge in [-0.1, -0.05) is 25.1 Å². The van der Waals surface area contributed by atoms with Crippen LogP contribution in [0.3, 0.4) is 0 Å². The Bertz CT molecular complexity index is 868. The highest BCUT2D eigenvalue weighted by Gasteiger charge is 2.14. The van der Waals surface area contributed by atoms with Gasteiger partial charge in [0.1, 0.15) is 0 Å². The van der Waals surface area contributed by atoms with Crippen LogP contribution in [0.4, 0.5) is 11.4 Å². The summed E-state index contributed by atoms with van der Waals surface area (Å²) in [7, 11) is 1.38. The molecule has 2 N–H and O–H groups in total. The Hall–Kier alpha value is -3.62. The van der Waals surface area contributed by atoms with Gasteiger partial charge in [0.25, 0.3) is 11.6 Å². The lowest BCUT2D eigenvalue weighted by molar-refractivity contribution is -0.385. The van der Waals surface area contributed by atoms with E-state index in [2.05, 4.69) is 10.6 Å². The molecule has 0 aromatic heterocycles. The summed E-state index contributed by atoms with van der Waals surface area (Å²) in [5.74, 6) is -0.602. The van der Waals surface area contributed by atoms with E-state index in [1.807, 2.05) is 25.1 Å². The molecule has 9 nitrogen and oxygen atoms in total. The number of nitro benzene ring substituents is 1. The first-order valence-corrected chi connectivity index (χ1v) is 8.54. The van der Waals surface area contributed by atoms with Crippen LogP contribution in [0.25, 0.3) is 0 Å². The number of carbonyl (C=O) groups excluding carboxylic acids is 2. The SMILES string of the molecule is CCc1ccccc1NC(=O)CNC(=O)COc1cc([N+](=O)[O-])ccc1OC. The maximum atomic E-state index is 12.0.